The van der Waals surface area contributed by atoms with Crippen LogP contribution in [-0.4, -0.2) is 21.5 Å². The van der Waals surface area contributed by atoms with Crippen LogP contribution in [0, 0.1) is 20.8 Å². The Kier molecular flexibility index (Phi) is 5.82. The van der Waals surface area contributed by atoms with Gasteiger partial charge in [0.05, 0.1) is 24.2 Å². The van der Waals surface area contributed by atoms with E-state index in [2.05, 4.69) is 29.0 Å². The molecule has 4 rings (SSSR count). The average Bonchev–Trinajstić information content (AvgIpc) is 3.21. The third kappa shape index (κ3) is 4.21. The van der Waals surface area contributed by atoms with E-state index in [4.69, 9.17) is 4.42 Å². The zero-order chi connectivity index (χ0) is 21.3. The zero-order valence-electron chi connectivity index (χ0n) is 17.7. The van der Waals surface area contributed by atoms with Gasteiger partial charge in [-0.1, -0.05) is 42.0 Å². The first-order chi connectivity index (χ1) is 14.3. The second-order valence-corrected chi connectivity index (χ2v) is 9.96. The highest BCUT2D eigenvalue weighted by Crippen LogP contribution is 2.22. The number of hydrogen-bond donors (Lipinski definition) is 2. The Morgan fingerprint density at radius 3 is 2.40 bits per heavy atom. The number of fused-ring (bicyclic) bond motifs is 1. The summed E-state index contributed by atoms with van der Waals surface area (Å²) in [5, 5.41) is 0. The zero-order valence-corrected chi connectivity index (χ0v) is 18.6. The molecule has 2 atom stereocenters. The summed E-state index contributed by atoms with van der Waals surface area (Å²) >= 11 is 0. The molecule has 2 N–H and O–H groups in total. The minimum absolute atomic E-state index is 0.0887. The fourth-order valence-electron chi connectivity index (χ4n) is 4.69. The molecule has 0 spiro atoms. The molecule has 0 bridgehead atoms. The van der Waals surface area contributed by atoms with Crippen molar-refractivity contribution in [2.24, 2.45) is 0 Å². The van der Waals surface area contributed by atoms with Crippen LogP contribution >= 0.6 is 0 Å². The van der Waals surface area contributed by atoms with Crippen LogP contribution in [-0.2, 0) is 23.0 Å². The van der Waals surface area contributed by atoms with Gasteiger partial charge in [-0.15, -0.1) is 0 Å². The van der Waals surface area contributed by atoms with Crippen LogP contribution in [0.1, 0.15) is 39.6 Å². The van der Waals surface area contributed by atoms with Crippen LogP contribution in [0.3, 0.4) is 0 Å². The van der Waals surface area contributed by atoms with E-state index in [0.29, 0.717) is 11.4 Å². The quantitative estimate of drug-likeness (QED) is 0.638. The molecule has 0 aliphatic carbocycles. The monoisotopic (exact) mass is 425 g/mol. The minimum Gasteiger partial charge on any atom is -0.463 e. The maximum Gasteiger partial charge on any atom is 0.241 e. The third-order valence-corrected chi connectivity index (χ3v) is 7.71. The minimum atomic E-state index is -3.63. The molecule has 1 aliphatic heterocycles. The van der Waals surface area contributed by atoms with E-state index in [-0.39, 0.29) is 6.04 Å². The summed E-state index contributed by atoms with van der Waals surface area (Å²) in [5.41, 5.74) is 5.31. The highest BCUT2D eigenvalue weighted by molar-refractivity contribution is 7.89. The van der Waals surface area contributed by atoms with Gasteiger partial charge in [0.1, 0.15) is 6.54 Å². The largest absolute Gasteiger partial charge is 0.463 e. The Bertz CT molecular complexity index is 1110. The fourth-order valence-corrected chi connectivity index (χ4v) is 6.19. The maximum atomic E-state index is 13.2. The van der Waals surface area contributed by atoms with Gasteiger partial charge < -0.3 is 9.32 Å². The summed E-state index contributed by atoms with van der Waals surface area (Å²) in [6.45, 7) is 7.77. The number of furan rings is 1. The van der Waals surface area contributed by atoms with E-state index in [1.807, 2.05) is 45.0 Å². The number of nitrogens with one attached hydrogen (secondary N) is 2. The van der Waals surface area contributed by atoms with E-state index in [9.17, 15) is 8.42 Å². The summed E-state index contributed by atoms with van der Waals surface area (Å²) < 4.78 is 35.0. The van der Waals surface area contributed by atoms with Gasteiger partial charge in [0, 0.05) is 12.0 Å². The second kappa shape index (κ2) is 8.38. The first-order valence-electron chi connectivity index (χ1n) is 10.4. The van der Waals surface area contributed by atoms with Crippen LogP contribution in [0.2, 0.25) is 0 Å². The number of quaternary nitrogens is 1. The SMILES string of the molecule is Cc1cc(C)c(S(=O)(=O)NC[C@@H](c2ccco2)[NH+]2CCc3ccccc3C2)c(C)c1. The molecular weight excluding hydrogens is 396 g/mol. The van der Waals surface area contributed by atoms with Crippen LogP contribution < -0.4 is 9.62 Å². The summed E-state index contributed by atoms with van der Waals surface area (Å²) in [6.07, 6.45) is 2.63. The van der Waals surface area contributed by atoms with Crippen molar-refractivity contribution in [1.82, 2.24) is 4.72 Å². The van der Waals surface area contributed by atoms with Gasteiger partial charge >= 0.3 is 0 Å². The van der Waals surface area contributed by atoms with Crippen molar-refractivity contribution in [3.63, 3.8) is 0 Å². The number of sulfonamides is 1. The topological polar surface area (TPSA) is 63.8 Å². The van der Waals surface area contributed by atoms with Crippen molar-refractivity contribution in [1.29, 1.82) is 0 Å². The van der Waals surface area contributed by atoms with E-state index >= 15 is 0 Å². The molecule has 0 amide bonds. The molecule has 2 aromatic carbocycles. The van der Waals surface area contributed by atoms with Crippen molar-refractivity contribution < 1.29 is 17.7 Å². The molecule has 1 aliphatic rings. The highest BCUT2D eigenvalue weighted by Gasteiger charge is 2.32. The van der Waals surface area contributed by atoms with Gasteiger partial charge in [-0.05, 0) is 49.6 Å². The Hall–Kier alpha value is -2.41. The summed E-state index contributed by atoms with van der Waals surface area (Å²) in [4.78, 5) is 1.69. The van der Waals surface area contributed by atoms with Gasteiger partial charge in [-0.2, -0.15) is 0 Å². The van der Waals surface area contributed by atoms with Crippen LogP contribution in [0.15, 0.2) is 64.1 Å². The molecule has 2 heterocycles. The van der Waals surface area contributed by atoms with Crippen molar-refractivity contribution in [3.05, 3.63) is 88.4 Å². The number of hydrogen-bond acceptors (Lipinski definition) is 3. The number of aryl methyl sites for hydroxylation is 3. The van der Waals surface area contributed by atoms with E-state index in [1.165, 1.54) is 16.0 Å². The Morgan fingerprint density at radius 1 is 1.03 bits per heavy atom. The van der Waals surface area contributed by atoms with Gasteiger partial charge in [-0.3, -0.25) is 0 Å². The van der Waals surface area contributed by atoms with Crippen molar-refractivity contribution in [2.45, 2.75) is 44.7 Å². The smallest absolute Gasteiger partial charge is 0.241 e. The standard InChI is InChI=1S/C24H28N2O3S/c1-17-13-18(2)24(19(3)14-17)30(27,28)25-15-22(23-9-6-12-29-23)26-11-10-20-7-4-5-8-21(20)16-26/h4-9,12-14,22,25H,10-11,15-16H2,1-3H3/p+1/t22-/m0/s1. The fraction of sp³-hybridized carbons (Fsp3) is 0.333. The van der Waals surface area contributed by atoms with Crippen LogP contribution in [0.25, 0.3) is 0 Å². The molecule has 5 nitrogen and oxygen atoms in total. The highest BCUT2D eigenvalue weighted by atomic mass is 32.2. The number of benzene rings is 2. The van der Waals surface area contributed by atoms with Gasteiger partial charge in [-0.25, -0.2) is 13.1 Å². The lowest BCUT2D eigenvalue weighted by Crippen LogP contribution is -3.12. The van der Waals surface area contributed by atoms with E-state index in [1.54, 1.807) is 6.26 Å². The van der Waals surface area contributed by atoms with Crippen molar-refractivity contribution >= 4 is 10.0 Å². The summed E-state index contributed by atoms with van der Waals surface area (Å²) in [6, 6.07) is 16.0. The summed E-state index contributed by atoms with van der Waals surface area (Å²) in [5.74, 6) is 0.810. The second-order valence-electron chi connectivity index (χ2n) is 8.25. The van der Waals surface area contributed by atoms with Gasteiger partial charge in [0.25, 0.3) is 0 Å². The van der Waals surface area contributed by atoms with Crippen molar-refractivity contribution in [2.75, 3.05) is 13.1 Å². The normalized spacial score (nSPS) is 17.5. The van der Waals surface area contributed by atoms with Gasteiger partial charge in [0.2, 0.25) is 10.0 Å². The predicted molar refractivity (Wildman–Crippen MR) is 117 cm³/mol. The molecule has 1 unspecified atom stereocenters. The Balaban J connectivity index is 1.59. The van der Waals surface area contributed by atoms with Crippen LogP contribution in [0.5, 0.6) is 0 Å². The average molecular weight is 426 g/mol. The Morgan fingerprint density at radius 2 is 1.73 bits per heavy atom. The third-order valence-electron chi connectivity index (χ3n) is 5.98. The first kappa shape index (κ1) is 20.8. The molecule has 6 heteroatoms. The van der Waals surface area contributed by atoms with E-state index in [0.717, 1.165) is 42.0 Å². The molecule has 0 saturated heterocycles. The molecule has 158 valence electrons. The Labute approximate surface area is 178 Å². The maximum absolute atomic E-state index is 13.2. The molecule has 1 aromatic heterocycles. The molecule has 0 fully saturated rings. The lowest BCUT2D eigenvalue weighted by molar-refractivity contribution is -0.946. The first-order valence-corrected chi connectivity index (χ1v) is 11.9. The predicted octanol–water partition coefficient (Wildman–Crippen LogP) is 2.87. The summed E-state index contributed by atoms with van der Waals surface area (Å²) in [7, 11) is -3.63. The molecule has 0 radical (unpaired) electrons. The van der Waals surface area contributed by atoms with E-state index < -0.39 is 10.0 Å². The number of rotatable bonds is 6. The van der Waals surface area contributed by atoms with Gasteiger partial charge in [0.15, 0.2) is 11.8 Å². The molecule has 30 heavy (non-hydrogen) atoms. The molecule has 0 saturated carbocycles. The van der Waals surface area contributed by atoms with Crippen LogP contribution in [0.4, 0.5) is 0 Å². The lowest BCUT2D eigenvalue weighted by atomic mass is 9.98. The lowest BCUT2D eigenvalue weighted by Gasteiger charge is -2.31. The molecular formula is C24H29N2O3S+. The molecule has 3 aromatic rings. The van der Waals surface area contributed by atoms with Crippen molar-refractivity contribution in [3.8, 4) is 0 Å².